The first-order valence-electron chi connectivity index (χ1n) is 16.6. The number of esters is 1. The number of sulfone groups is 1. The maximum Gasteiger partial charge on any atom is 0.350 e. The quantitative estimate of drug-likeness (QED) is 0.119. The van der Waals surface area contributed by atoms with Crippen molar-refractivity contribution in [3.8, 4) is 16.9 Å². The molecule has 4 aliphatic rings. The summed E-state index contributed by atoms with van der Waals surface area (Å²) in [5, 5.41) is -2.02. The van der Waals surface area contributed by atoms with Gasteiger partial charge in [-0.05, 0) is 139 Å². The van der Waals surface area contributed by atoms with Gasteiger partial charge in [0, 0.05) is 12.0 Å². The van der Waals surface area contributed by atoms with Crippen molar-refractivity contribution in [1.82, 2.24) is 0 Å². The SMILES string of the molecule is COc1ccc(-c2ccc3cc(C(=O)OCCCCC(F)(F)S(=O)(=O)c4ccccc4)ccc3c2)cc1C12CC3CC(CC(C3)C1)C2. The Morgan fingerprint density at radius 3 is 2.11 bits per heavy atom. The molecule has 0 N–H and O–H groups in total. The summed E-state index contributed by atoms with van der Waals surface area (Å²) >= 11 is 0. The second kappa shape index (κ2) is 12.3. The van der Waals surface area contributed by atoms with Crippen LogP contribution in [-0.4, -0.2) is 33.4 Å². The molecule has 8 heteroatoms. The highest BCUT2D eigenvalue weighted by molar-refractivity contribution is 7.92. The van der Waals surface area contributed by atoms with Crippen molar-refractivity contribution in [2.45, 2.75) is 73.4 Å². The molecule has 0 amide bonds. The Morgan fingerprint density at radius 2 is 1.43 bits per heavy atom. The highest BCUT2D eigenvalue weighted by atomic mass is 32.2. The van der Waals surface area contributed by atoms with Gasteiger partial charge in [-0.3, -0.25) is 0 Å². The van der Waals surface area contributed by atoms with Crippen molar-refractivity contribution in [3.05, 3.63) is 96.1 Å². The Morgan fingerprint density at radius 1 is 0.809 bits per heavy atom. The topological polar surface area (TPSA) is 69.7 Å². The number of carbonyl (C=O) groups excluding carboxylic acids is 1. The largest absolute Gasteiger partial charge is 0.496 e. The molecule has 0 atom stereocenters. The molecule has 5 nitrogen and oxygen atoms in total. The van der Waals surface area contributed by atoms with E-state index < -0.39 is 32.4 Å². The number of unbranched alkanes of at least 4 members (excludes halogenated alkanes) is 1. The van der Waals surface area contributed by atoms with Gasteiger partial charge in [0.1, 0.15) is 5.75 Å². The van der Waals surface area contributed by atoms with Crippen LogP contribution >= 0.6 is 0 Å². The van der Waals surface area contributed by atoms with Gasteiger partial charge in [-0.1, -0.05) is 42.5 Å². The molecule has 246 valence electrons. The lowest BCUT2D eigenvalue weighted by atomic mass is 9.48. The van der Waals surface area contributed by atoms with Crippen LogP contribution in [0.1, 0.15) is 73.7 Å². The predicted octanol–water partition coefficient (Wildman–Crippen LogP) is 9.38. The van der Waals surface area contributed by atoms with Crippen LogP contribution in [0.15, 0.2) is 89.8 Å². The summed E-state index contributed by atoms with van der Waals surface area (Å²) in [6.45, 7) is -0.0825. The first-order valence-corrected chi connectivity index (χ1v) is 18.1. The number of fused-ring (bicyclic) bond motifs is 1. The third-order valence-electron chi connectivity index (χ3n) is 10.8. The summed E-state index contributed by atoms with van der Waals surface area (Å²) < 4.78 is 65.0. The summed E-state index contributed by atoms with van der Waals surface area (Å²) in [7, 11) is -3.01. The lowest BCUT2D eigenvalue weighted by Gasteiger charge is -2.57. The van der Waals surface area contributed by atoms with Crippen LogP contribution in [0, 0.1) is 17.8 Å². The number of benzene rings is 4. The fraction of sp³-hybridized carbons (Fsp3) is 0.410. The molecule has 4 aromatic carbocycles. The molecule has 0 spiro atoms. The van der Waals surface area contributed by atoms with Gasteiger partial charge < -0.3 is 9.47 Å². The third kappa shape index (κ3) is 6.05. The zero-order valence-electron chi connectivity index (χ0n) is 26.6. The average Bonchev–Trinajstić information content (AvgIpc) is 3.07. The Kier molecular flexibility index (Phi) is 8.35. The van der Waals surface area contributed by atoms with Crippen LogP contribution in [0.5, 0.6) is 5.75 Å². The molecule has 0 saturated heterocycles. The van der Waals surface area contributed by atoms with E-state index in [4.69, 9.17) is 9.47 Å². The predicted molar refractivity (Wildman–Crippen MR) is 178 cm³/mol. The first-order chi connectivity index (χ1) is 22.6. The third-order valence-corrected chi connectivity index (χ3v) is 12.6. The van der Waals surface area contributed by atoms with E-state index in [1.54, 1.807) is 25.3 Å². The van der Waals surface area contributed by atoms with Crippen LogP contribution in [0.3, 0.4) is 0 Å². The lowest BCUT2D eigenvalue weighted by molar-refractivity contribution is -0.00613. The number of alkyl halides is 2. The molecule has 4 aromatic rings. The number of hydrogen-bond acceptors (Lipinski definition) is 5. The fourth-order valence-corrected chi connectivity index (χ4v) is 10.2. The van der Waals surface area contributed by atoms with E-state index in [0.717, 1.165) is 57.5 Å². The average molecular weight is 659 g/mol. The molecule has 4 saturated carbocycles. The molecule has 0 radical (unpaired) electrons. The van der Waals surface area contributed by atoms with Gasteiger partial charge in [0.05, 0.1) is 24.2 Å². The van der Waals surface area contributed by atoms with Gasteiger partial charge in [-0.25, -0.2) is 13.2 Å². The van der Waals surface area contributed by atoms with Crippen LogP contribution in [0.2, 0.25) is 0 Å². The zero-order chi connectivity index (χ0) is 32.8. The van der Waals surface area contributed by atoms with E-state index in [0.29, 0.717) is 5.56 Å². The minimum absolute atomic E-state index is 0.0825. The Balaban J connectivity index is 0.997. The summed E-state index contributed by atoms with van der Waals surface area (Å²) in [6, 6.07) is 24.9. The molecule has 0 heterocycles. The maximum atomic E-state index is 14.5. The van der Waals surface area contributed by atoms with Crippen molar-refractivity contribution in [2.75, 3.05) is 13.7 Å². The Hall–Kier alpha value is -3.78. The molecule has 0 aliphatic heterocycles. The minimum atomic E-state index is -4.79. The highest BCUT2D eigenvalue weighted by Gasteiger charge is 2.52. The monoisotopic (exact) mass is 658 g/mol. The van der Waals surface area contributed by atoms with Gasteiger partial charge >= 0.3 is 11.2 Å². The van der Waals surface area contributed by atoms with Crippen molar-refractivity contribution in [3.63, 3.8) is 0 Å². The molecule has 4 fully saturated rings. The van der Waals surface area contributed by atoms with Gasteiger partial charge in [0.25, 0.3) is 0 Å². The smallest absolute Gasteiger partial charge is 0.350 e. The maximum absolute atomic E-state index is 14.5. The standard InChI is InChI=1S/C39H40F2O5S/c1-45-36-14-13-32(22-35(36)38-23-26-17-27(24-38)19-28(18-26)25-38)30-9-10-31-21-33(12-11-29(31)20-30)37(42)46-16-6-5-15-39(40,41)47(43,44)34-7-3-2-4-8-34/h2-4,7-14,20-22,26-28H,5-6,15-19,23-25H2,1H3. The molecule has 8 rings (SSSR count). The second-order valence-corrected chi connectivity index (χ2v) is 16.0. The van der Waals surface area contributed by atoms with Crippen LogP contribution < -0.4 is 4.74 Å². The molecule has 47 heavy (non-hydrogen) atoms. The minimum Gasteiger partial charge on any atom is -0.496 e. The normalized spacial score (nSPS) is 23.6. The van der Waals surface area contributed by atoms with Gasteiger partial charge in [-0.2, -0.15) is 8.78 Å². The summed E-state index contributed by atoms with van der Waals surface area (Å²) in [4.78, 5) is 12.4. The van der Waals surface area contributed by atoms with Gasteiger partial charge in [0.15, 0.2) is 0 Å². The van der Waals surface area contributed by atoms with Crippen molar-refractivity contribution < 1.29 is 31.5 Å². The van der Waals surface area contributed by atoms with E-state index >= 15 is 0 Å². The number of methoxy groups -OCH3 is 1. The summed E-state index contributed by atoms with van der Waals surface area (Å²) in [6.07, 6.45) is 7.12. The van der Waals surface area contributed by atoms with E-state index in [2.05, 4.69) is 30.3 Å². The van der Waals surface area contributed by atoms with Gasteiger partial charge in [-0.15, -0.1) is 0 Å². The molecule has 4 bridgehead atoms. The van der Waals surface area contributed by atoms with E-state index in [1.165, 1.54) is 56.2 Å². The van der Waals surface area contributed by atoms with Crippen LogP contribution in [-0.2, 0) is 20.0 Å². The number of hydrogen-bond donors (Lipinski definition) is 0. The Labute approximate surface area is 275 Å². The number of rotatable bonds is 11. The number of carbonyl (C=O) groups is 1. The fourth-order valence-electron chi connectivity index (χ4n) is 8.88. The van der Waals surface area contributed by atoms with Crippen molar-refractivity contribution in [2.24, 2.45) is 17.8 Å². The van der Waals surface area contributed by atoms with E-state index in [-0.39, 0.29) is 24.9 Å². The van der Waals surface area contributed by atoms with E-state index in [1.807, 2.05) is 12.1 Å². The zero-order valence-corrected chi connectivity index (χ0v) is 27.4. The van der Waals surface area contributed by atoms with Crippen LogP contribution in [0.25, 0.3) is 21.9 Å². The summed E-state index contributed by atoms with van der Waals surface area (Å²) in [5.74, 6) is 2.96. The van der Waals surface area contributed by atoms with E-state index in [9.17, 15) is 22.0 Å². The molecule has 0 unspecified atom stereocenters. The molecular weight excluding hydrogens is 618 g/mol. The van der Waals surface area contributed by atoms with Crippen LogP contribution in [0.4, 0.5) is 8.78 Å². The molecule has 4 aliphatic carbocycles. The lowest BCUT2D eigenvalue weighted by Crippen LogP contribution is -2.48. The first kappa shape index (κ1) is 31.8. The molecule has 0 aromatic heterocycles. The van der Waals surface area contributed by atoms with Crippen molar-refractivity contribution in [1.29, 1.82) is 0 Å². The highest BCUT2D eigenvalue weighted by Crippen LogP contribution is 2.62. The van der Waals surface area contributed by atoms with Crippen molar-refractivity contribution >= 4 is 26.6 Å². The number of halogens is 2. The second-order valence-electron chi connectivity index (χ2n) is 13.9. The summed E-state index contributed by atoms with van der Waals surface area (Å²) in [5.41, 5.74) is 4.20. The van der Waals surface area contributed by atoms with Gasteiger partial charge in [0.2, 0.25) is 9.84 Å². The number of ether oxygens (including phenoxy) is 2. The Bertz CT molecular complexity index is 1870. The molecular formula is C39H40F2O5S.